The monoisotopic (exact) mass is 276 g/mol. The summed E-state index contributed by atoms with van der Waals surface area (Å²) in [6, 6.07) is 7.26. The fourth-order valence-electron chi connectivity index (χ4n) is 3.22. The molecule has 1 N–H and O–H groups in total. The van der Waals surface area contributed by atoms with Gasteiger partial charge in [0.25, 0.3) is 0 Å². The van der Waals surface area contributed by atoms with Gasteiger partial charge in [0.15, 0.2) is 0 Å². The standard InChI is InChI=1S/C17H28N2O/c1-12-8-7-11-19(14(12)3)15-9-6-10-16(20-5)17(15)13(2)18-4/h6,9-10,12-14,18H,7-8,11H2,1-5H3. The summed E-state index contributed by atoms with van der Waals surface area (Å²) < 4.78 is 5.60. The Morgan fingerprint density at radius 3 is 2.75 bits per heavy atom. The third-order valence-corrected chi connectivity index (χ3v) is 4.81. The predicted octanol–water partition coefficient (Wildman–Crippen LogP) is 3.60. The molecule has 3 unspecified atom stereocenters. The van der Waals surface area contributed by atoms with E-state index in [1.54, 1.807) is 7.11 Å². The van der Waals surface area contributed by atoms with E-state index < -0.39 is 0 Å². The van der Waals surface area contributed by atoms with E-state index in [2.05, 4.69) is 49.2 Å². The number of methoxy groups -OCH3 is 1. The van der Waals surface area contributed by atoms with Crippen LogP contribution in [0.5, 0.6) is 5.75 Å². The van der Waals surface area contributed by atoms with Crippen LogP contribution >= 0.6 is 0 Å². The maximum atomic E-state index is 5.60. The van der Waals surface area contributed by atoms with Crippen molar-refractivity contribution in [2.45, 2.75) is 45.7 Å². The molecule has 3 nitrogen and oxygen atoms in total. The zero-order chi connectivity index (χ0) is 14.7. The number of hydrogen-bond acceptors (Lipinski definition) is 3. The van der Waals surface area contributed by atoms with Gasteiger partial charge < -0.3 is 15.0 Å². The van der Waals surface area contributed by atoms with Crippen molar-refractivity contribution >= 4 is 5.69 Å². The van der Waals surface area contributed by atoms with Gasteiger partial charge >= 0.3 is 0 Å². The summed E-state index contributed by atoms with van der Waals surface area (Å²) >= 11 is 0. The SMILES string of the molecule is CNC(C)c1c(OC)cccc1N1CCCC(C)C1C. The summed E-state index contributed by atoms with van der Waals surface area (Å²) in [6.45, 7) is 8.04. The summed E-state index contributed by atoms with van der Waals surface area (Å²) in [5.74, 6) is 1.72. The maximum Gasteiger partial charge on any atom is 0.125 e. The van der Waals surface area contributed by atoms with Gasteiger partial charge in [0.2, 0.25) is 0 Å². The van der Waals surface area contributed by atoms with Crippen molar-refractivity contribution in [2.24, 2.45) is 5.92 Å². The third-order valence-electron chi connectivity index (χ3n) is 4.81. The van der Waals surface area contributed by atoms with E-state index in [-0.39, 0.29) is 6.04 Å². The number of ether oxygens (including phenoxy) is 1. The first-order valence-corrected chi connectivity index (χ1v) is 7.71. The van der Waals surface area contributed by atoms with Crippen LogP contribution in [0.4, 0.5) is 5.69 Å². The number of nitrogens with zero attached hydrogens (tertiary/aromatic N) is 1. The second-order valence-electron chi connectivity index (χ2n) is 5.96. The van der Waals surface area contributed by atoms with Gasteiger partial charge in [-0.1, -0.05) is 13.0 Å². The van der Waals surface area contributed by atoms with E-state index in [9.17, 15) is 0 Å². The quantitative estimate of drug-likeness (QED) is 0.909. The van der Waals surface area contributed by atoms with Crippen LogP contribution < -0.4 is 15.0 Å². The van der Waals surface area contributed by atoms with E-state index in [4.69, 9.17) is 4.74 Å². The Morgan fingerprint density at radius 2 is 2.10 bits per heavy atom. The number of benzene rings is 1. The summed E-state index contributed by atoms with van der Waals surface area (Å²) in [7, 11) is 3.76. The summed E-state index contributed by atoms with van der Waals surface area (Å²) in [4.78, 5) is 2.56. The van der Waals surface area contributed by atoms with Crippen molar-refractivity contribution in [1.29, 1.82) is 0 Å². The lowest BCUT2D eigenvalue weighted by Crippen LogP contribution is -2.43. The molecule has 1 aromatic carbocycles. The lowest BCUT2D eigenvalue weighted by atomic mass is 9.90. The van der Waals surface area contributed by atoms with Gasteiger partial charge in [-0.15, -0.1) is 0 Å². The minimum Gasteiger partial charge on any atom is -0.496 e. The first-order valence-electron chi connectivity index (χ1n) is 7.71. The van der Waals surface area contributed by atoms with Gasteiger partial charge in [-0.2, -0.15) is 0 Å². The molecule has 0 saturated carbocycles. The normalized spacial score (nSPS) is 24.6. The largest absolute Gasteiger partial charge is 0.496 e. The van der Waals surface area contributed by atoms with E-state index >= 15 is 0 Å². The van der Waals surface area contributed by atoms with E-state index in [0.717, 1.165) is 18.2 Å². The van der Waals surface area contributed by atoms with Gasteiger partial charge in [0.1, 0.15) is 5.75 Å². The first kappa shape index (κ1) is 15.2. The lowest BCUT2D eigenvalue weighted by molar-refractivity contribution is 0.360. The Hall–Kier alpha value is -1.22. The molecular formula is C17H28N2O. The molecule has 112 valence electrons. The highest BCUT2D eigenvalue weighted by atomic mass is 16.5. The fourth-order valence-corrected chi connectivity index (χ4v) is 3.22. The smallest absolute Gasteiger partial charge is 0.125 e. The Labute approximate surface area is 123 Å². The molecule has 3 heteroatoms. The molecule has 1 fully saturated rings. The van der Waals surface area contributed by atoms with Crippen molar-refractivity contribution in [2.75, 3.05) is 25.6 Å². The van der Waals surface area contributed by atoms with Gasteiger partial charge in [0, 0.05) is 29.9 Å². The third kappa shape index (κ3) is 2.78. The van der Waals surface area contributed by atoms with Crippen molar-refractivity contribution < 1.29 is 4.74 Å². The van der Waals surface area contributed by atoms with Crippen LogP contribution in [0.2, 0.25) is 0 Å². The Kier molecular flexibility index (Phi) is 4.92. The van der Waals surface area contributed by atoms with Crippen molar-refractivity contribution in [3.63, 3.8) is 0 Å². The molecule has 1 aliphatic heterocycles. The fraction of sp³-hybridized carbons (Fsp3) is 0.647. The second-order valence-corrected chi connectivity index (χ2v) is 5.96. The lowest BCUT2D eigenvalue weighted by Gasteiger charge is -2.41. The number of anilines is 1. The molecule has 3 atom stereocenters. The molecule has 1 aromatic rings. The molecule has 0 spiro atoms. The highest BCUT2D eigenvalue weighted by Gasteiger charge is 2.28. The van der Waals surface area contributed by atoms with Crippen LogP contribution in [-0.4, -0.2) is 26.7 Å². The maximum absolute atomic E-state index is 5.60. The Bertz CT molecular complexity index is 447. The van der Waals surface area contributed by atoms with Crippen LogP contribution in [0.15, 0.2) is 18.2 Å². The van der Waals surface area contributed by atoms with Gasteiger partial charge in [0.05, 0.1) is 7.11 Å². The van der Waals surface area contributed by atoms with Crippen LogP contribution in [0.1, 0.15) is 45.2 Å². The molecule has 0 radical (unpaired) electrons. The topological polar surface area (TPSA) is 24.5 Å². The Balaban J connectivity index is 2.44. The van der Waals surface area contributed by atoms with Crippen LogP contribution in [-0.2, 0) is 0 Å². The van der Waals surface area contributed by atoms with E-state index in [1.807, 2.05) is 7.05 Å². The van der Waals surface area contributed by atoms with Crippen LogP contribution in [0.3, 0.4) is 0 Å². The Morgan fingerprint density at radius 1 is 1.35 bits per heavy atom. The minimum absolute atomic E-state index is 0.283. The van der Waals surface area contributed by atoms with E-state index in [0.29, 0.717) is 6.04 Å². The first-order chi connectivity index (χ1) is 9.60. The molecule has 0 aliphatic carbocycles. The van der Waals surface area contributed by atoms with Gasteiger partial charge in [-0.05, 0) is 51.8 Å². The molecular weight excluding hydrogens is 248 g/mol. The molecule has 1 heterocycles. The van der Waals surface area contributed by atoms with Gasteiger partial charge in [-0.25, -0.2) is 0 Å². The molecule has 1 saturated heterocycles. The van der Waals surface area contributed by atoms with Crippen LogP contribution in [0.25, 0.3) is 0 Å². The van der Waals surface area contributed by atoms with Crippen molar-refractivity contribution in [3.05, 3.63) is 23.8 Å². The number of piperidine rings is 1. The van der Waals surface area contributed by atoms with Crippen molar-refractivity contribution in [1.82, 2.24) is 5.32 Å². The van der Waals surface area contributed by atoms with Crippen molar-refractivity contribution in [3.8, 4) is 5.75 Å². The minimum atomic E-state index is 0.283. The summed E-state index contributed by atoms with van der Waals surface area (Å²) in [5.41, 5.74) is 2.60. The number of rotatable bonds is 4. The molecule has 0 amide bonds. The summed E-state index contributed by atoms with van der Waals surface area (Å²) in [6.07, 6.45) is 2.61. The molecule has 20 heavy (non-hydrogen) atoms. The molecule has 1 aliphatic rings. The zero-order valence-electron chi connectivity index (χ0n) is 13.4. The zero-order valence-corrected chi connectivity index (χ0v) is 13.4. The molecule has 2 rings (SSSR count). The predicted molar refractivity (Wildman–Crippen MR) is 85.7 cm³/mol. The second kappa shape index (κ2) is 6.49. The highest BCUT2D eigenvalue weighted by Crippen LogP contribution is 2.38. The number of nitrogens with one attached hydrogen (secondary N) is 1. The average molecular weight is 276 g/mol. The summed E-state index contributed by atoms with van der Waals surface area (Å²) in [5, 5.41) is 3.35. The highest BCUT2D eigenvalue weighted by molar-refractivity contribution is 5.61. The molecule has 0 aromatic heterocycles. The average Bonchev–Trinajstić information content (AvgIpc) is 2.48. The van der Waals surface area contributed by atoms with Gasteiger partial charge in [-0.3, -0.25) is 0 Å². The molecule has 0 bridgehead atoms. The number of hydrogen-bond donors (Lipinski definition) is 1. The van der Waals surface area contributed by atoms with Crippen LogP contribution in [0, 0.1) is 5.92 Å². The van der Waals surface area contributed by atoms with E-state index in [1.165, 1.54) is 24.1 Å².